The fourth-order valence-corrected chi connectivity index (χ4v) is 5.19. The monoisotopic (exact) mass is 554 g/mol. The van der Waals surface area contributed by atoms with Gasteiger partial charge in [-0.15, -0.1) is 0 Å². The van der Waals surface area contributed by atoms with Gasteiger partial charge in [-0.1, -0.05) is 36.4 Å². The van der Waals surface area contributed by atoms with Gasteiger partial charge in [0.2, 0.25) is 5.88 Å². The Morgan fingerprint density at radius 1 is 1.15 bits per heavy atom. The van der Waals surface area contributed by atoms with Gasteiger partial charge in [0.05, 0.1) is 23.7 Å². The van der Waals surface area contributed by atoms with Crippen molar-refractivity contribution in [3.8, 4) is 0 Å². The summed E-state index contributed by atoms with van der Waals surface area (Å²) in [7, 11) is -2.81. The molecule has 0 aliphatic heterocycles. The van der Waals surface area contributed by atoms with Gasteiger partial charge >= 0.3 is 6.03 Å². The number of ether oxygens (including phenoxy) is 1. The van der Waals surface area contributed by atoms with Crippen LogP contribution in [0.15, 0.2) is 88.7 Å². The molecule has 0 radical (unpaired) electrons. The topological polar surface area (TPSA) is 110 Å². The molecule has 1 aromatic heterocycles. The van der Waals surface area contributed by atoms with Crippen LogP contribution in [0.25, 0.3) is 5.57 Å². The fourth-order valence-electron chi connectivity index (χ4n) is 4.03. The molecule has 0 saturated carbocycles. The van der Waals surface area contributed by atoms with Gasteiger partial charge < -0.3 is 10.1 Å². The molecule has 8 nitrogen and oxygen atoms in total. The highest BCUT2D eigenvalue weighted by Gasteiger charge is 2.26. The summed E-state index contributed by atoms with van der Waals surface area (Å²) in [5, 5.41) is 2.61. The average molecular weight is 555 g/mol. The Kier molecular flexibility index (Phi) is 9.67. The number of hydrogen-bond donors (Lipinski definition) is 2. The minimum Gasteiger partial charge on any atom is -0.481 e. The van der Waals surface area contributed by atoms with Gasteiger partial charge in [0.15, 0.2) is 0 Å². The maximum absolute atomic E-state index is 14.0. The van der Waals surface area contributed by atoms with E-state index < -0.39 is 33.7 Å². The minimum atomic E-state index is -4.23. The lowest BCUT2D eigenvalue weighted by atomic mass is 9.95. The molecule has 2 N–H and O–H groups in total. The number of carbonyl (C=O) groups is 1. The van der Waals surface area contributed by atoms with Crippen molar-refractivity contribution in [3.05, 3.63) is 113 Å². The lowest BCUT2D eigenvalue weighted by Crippen LogP contribution is -2.42. The molecule has 11 heteroatoms. The highest BCUT2D eigenvalue weighted by Crippen LogP contribution is 2.30. The van der Waals surface area contributed by atoms with Crippen molar-refractivity contribution in [1.82, 2.24) is 15.0 Å². The molecular formula is C28H28F2N4O4S. The van der Waals surface area contributed by atoms with Gasteiger partial charge in [0.25, 0.3) is 10.0 Å². The van der Waals surface area contributed by atoms with Crippen molar-refractivity contribution in [3.63, 3.8) is 0 Å². The van der Waals surface area contributed by atoms with Gasteiger partial charge in [-0.3, -0.25) is 4.98 Å². The van der Waals surface area contributed by atoms with Crippen LogP contribution in [0.3, 0.4) is 0 Å². The molecule has 3 rings (SSSR count). The number of carbonyl (C=O) groups excluding carboxylic acids is 1. The summed E-state index contributed by atoms with van der Waals surface area (Å²) < 4.78 is 61.2. The van der Waals surface area contributed by atoms with Crippen LogP contribution in [0.5, 0.6) is 0 Å². The Hall–Kier alpha value is -4.38. The number of aryl methyl sites for hydroxylation is 1. The standard InChI is InChI=1S/C28H28F2N4O4S/c1-5-9-23(27(31-3)38-4)22-11-8-13-32-26(22)24(16-19-14-20(29)17-21(30)15-19)33-28(35)34-39(36,37)25-12-7-6-10-18(25)2/h5-15,17,24H,3,16H2,1-2,4H3,(H2,33,34,35)/b9-5-,27-23-/t24-/m0/s1. The van der Waals surface area contributed by atoms with Crippen molar-refractivity contribution >= 4 is 28.3 Å². The fraction of sp³-hybridized carbons (Fsp3) is 0.179. The first-order chi connectivity index (χ1) is 18.6. The van der Waals surface area contributed by atoms with Crippen LogP contribution in [0, 0.1) is 18.6 Å². The number of nitrogens with one attached hydrogen (secondary N) is 2. The van der Waals surface area contributed by atoms with E-state index in [0.29, 0.717) is 16.7 Å². The molecule has 0 saturated heterocycles. The van der Waals surface area contributed by atoms with E-state index in [0.717, 1.165) is 18.2 Å². The second-order valence-corrected chi connectivity index (χ2v) is 10.0. The molecule has 1 atom stereocenters. The second-order valence-electron chi connectivity index (χ2n) is 8.40. The molecule has 2 aromatic carbocycles. The largest absolute Gasteiger partial charge is 0.481 e. The zero-order valence-electron chi connectivity index (χ0n) is 21.6. The third-order valence-electron chi connectivity index (χ3n) is 5.64. The number of benzene rings is 2. The summed E-state index contributed by atoms with van der Waals surface area (Å²) in [6.07, 6.45) is 4.80. The lowest BCUT2D eigenvalue weighted by Gasteiger charge is -2.22. The molecule has 0 bridgehead atoms. The number of rotatable bonds is 10. The van der Waals surface area contributed by atoms with Crippen LogP contribution in [-0.2, 0) is 21.2 Å². The minimum absolute atomic E-state index is 0.0671. The SMILES string of the molecule is C=N/C(OC)=C(\C=C/C)c1cccnc1[C@H](Cc1cc(F)cc(F)c1)NC(=O)NS(=O)(=O)c1ccccc1C. The van der Waals surface area contributed by atoms with Gasteiger partial charge in [-0.05, 0) is 62.4 Å². The van der Waals surface area contributed by atoms with Crippen molar-refractivity contribution in [2.24, 2.45) is 4.99 Å². The number of nitrogens with zero attached hydrogens (tertiary/aromatic N) is 2. The smallest absolute Gasteiger partial charge is 0.329 e. The first-order valence-corrected chi connectivity index (χ1v) is 13.2. The number of hydrogen-bond acceptors (Lipinski definition) is 6. The van der Waals surface area contributed by atoms with Gasteiger partial charge in [-0.2, -0.15) is 0 Å². The first-order valence-electron chi connectivity index (χ1n) is 11.8. The number of amides is 2. The second kappa shape index (κ2) is 12.9. The number of halogens is 2. The summed E-state index contributed by atoms with van der Waals surface area (Å²) in [6, 6.07) is 10.4. The van der Waals surface area contributed by atoms with Crippen LogP contribution >= 0.6 is 0 Å². The third-order valence-corrected chi connectivity index (χ3v) is 7.13. The zero-order valence-corrected chi connectivity index (χ0v) is 22.4. The van der Waals surface area contributed by atoms with E-state index in [1.165, 1.54) is 25.4 Å². The Balaban J connectivity index is 2.09. The molecule has 1 heterocycles. The quantitative estimate of drug-likeness (QED) is 0.203. The van der Waals surface area contributed by atoms with Gasteiger partial charge in [0, 0.05) is 23.4 Å². The normalized spacial score (nSPS) is 12.9. The highest BCUT2D eigenvalue weighted by molar-refractivity contribution is 7.90. The molecule has 0 unspecified atom stereocenters. The molecule has 204 valence electrons. The Bertz CT molecular complexity index is 1520. The molecule has 0 spiro atoms. The number of aliphatic imine (C=N–C) groups is 1. The molecule has 0 aliphatic carbocycles. The predicted molar refractivity (Wildman–Crippen MR) is 145 cm³/mol. The number of methoxy groups -OCH3 is 1. The molecule has 39 heavy (non-hydrogen) atoms. The number of aromatic nitrogens is 1. The predicted octanol–water partition coefficient (Wildman–Crippen LogP) is 5.23. The molecule has 2 amide bonds. The summed E-state index contributed by atoms with van der Waals surface area (Å²) in [5.74, 6) is -1.43. The number of allylic oxidation sites excluding steroid dienone is 3. The summed E-state index contributed by atoms with van der Waals surface area (Å²) >= 11 is 0. The van der Waals surface area contributed by atoms with E-state index in [1.54, 1.807) is 50.3 Å². The summed E-state index contributed by atoms with van der Waals surface area (Å²) in [4.78, 5) is 21.3. The zero-order chi connectivity index (χ0) is 28.6. The third kappa shape index (κ3) is 7.35. The van der Waals surface area contributed by atoms with E-state index in [2.05, 4.69) is 22.0 Å². The summed E-state index contributed by atoms with van der Waals surface area (Å²) in [5.41, 5.74) is 1.88. The van der Waals surface area contributed by atoms with E-state index in [1.807, 2.05) is 4.72 Å². The molecule has 0 fully saturated rings. The van der Waals surface area contributed by atoms with E-state index >= 15 is 0 Å². The van der Waals surface area contributed by atoms with Crippen molar-refractivity contribution < 1.29 is 26.7 Å². The van der Waals surface area contributed by atoms with Crippen molar-refractivity contribution in [2.75, 3.05) is 7.11 Å². The van der Waals surface area contributed by atoms with Crippen LogP contribution < -0.4 is 10.0 Å². The Morgan fingerprint density at radius 2 is 1.85 bits per heavy atom. The Labute approximate surface area is 226 Å². The number of pyridine rings is 1. The number of urea groups is 1. The lowest BCUT2D eigenvalue weighted by molar-refractivity contribution is 0.241. The molecule has 0 aliphatic rings. The number of sulfonamides is 1. The van der Waals surface area contributed by atoms with Crippen molar-refractivity contribution in [2.45, 2.75) is 31.2 Å². The summed E-state index contributed by atoms with van der Waals surface area (Å²) in [6.45, 7) is 6.91. The van der Waals surface area contributed by atoms with Crippen molar-refractivity contribution in [1.29, 1.82) is 0 Å². The average Bonchev–Trinajstić information content (AvgIpc) is 2.87. The van der Waals surface area contributed by atoms with Crippen LogP contribution in [0.1, 0.15) is 35.3 Å². The maximum atomic E-state index is 14.0. The van der Waals surface area contributed by atoms with E-state index in [-0.39, 0.29) is 28.5 Å². The van der Waals surface area contributed by atoms with E-state index in [4.69, 9.17) is 4.74 Å². The van der Waals surface area contributed by atoms with Crippen LogP contribution in [-0.4, -0.2) is 33.3 Å². The van der Waals surface area contributed by atoms with Crippen LogP contribution in [0.2, 0.25) is 0 Å². The molecular weight excluding hydrogens is 526 g/mol. The Morgan fingerprint density at radius 3 is 2.46 bits per heavy atom. The molecule has 3 aromatic rings. The van der Waals surface area contributed by atoms with E-state index in [9.17, 15) is 22.0 Å². The van der Waals surface area contributed by atoms with Gasteiger partial charge in [-0.25, -0.2) is 31.7 Å². The first kappa shape index (κ1) is 29.2. The highest BCUT2D eigenvalue weighted by atomic mass is 32.2. The van der Waals surface area contributed by atoms with Crippen LogP contribution in [0.4, 0.5) is 13.6 Å². The maximum Gasteiger partial charge on any atom is 0.329 e. The van der Waals surface area contributed by atoms with Gasteiger partial charge in [0.1, 0.15) is 11.6 Å².